The van der Waals surface area contributed by atoms with E-state index in [-0.39, 0.29) is 5.56 Å². The number of aromatic amines is 1. The lowest BCUT2D eigenvalue weighted by Crippen LogP contribution is -2.09. The van der Waals surface area contributed by atoms with E-state index in [2.05, 4.69) is 9.97 Å². The molecular formula is C10H10N2O. The lowest BCUT2D eigenvalue weighted by molar-refractivity contribution is 1.15. The number of hydrogen-bond acceptors (Lipinski definition) is 2. The highest BCUT2D eigenvalue weighted by atomic mass is 16.1. The first kappa shape index (κ1) is 7.98. The Morgan fingerprint density at radius 1 is 1.38 bits per heavy atom. The second-order valence-corrected chi connectivity index (χ2v) is 3.17. The minimum atomic E-state index is -0.112. The van der Waals surface area contributed by atoms with Crippen LogP contribution < -0.4 is 5.56 Å². The van der Waals surface area contributed by atoms with Crippen molar-refractivity contribution in [3.05, 3.63) is 39.9 Å². The molecule has 0 aliphatic heterocycles. The van der Waals surface area contributed by atoms with Gasteiger partial charge in [0.1, 0.15) is 5.52 Å². The van der Waals surface area contributed by atoms with Crippen molar-refractivity contribution in [2.45, 2.75) is 13.8 Å². The Balaban J connectivity index is 3.03. The van der Waals surface area contributed by atoms with E-state index in [4.69, 9.17) is 0 Å². The lowest BCUT2D eigenvalue weighted by Gasteiger charge is -2.00. The first-order valence-corrected chi connectivity index (χ1v) is 4.14. The fourth-order valence-corrected chi connectivity index (χ4v) is 1.42. The highest BCUT2D eigenvalue weighted by Crippen LogP contribution is 2.12. The number of aryl methyl sites for hydroxylation is 2. The lowest BCUT2D eigenvalue weighted by atomic mass is 10.1. The predicted molar refractivity (Wildman–Crippen MR) is 51.8 cm³/mol. The molecule has 3 nitrogen and oxygen atoms in total. The predicted octanol–water partition coefficient (Wildman–Crippen LogP) is 1.54. The third kappa shape index (κ3) is 1.22. The SMILES string of the molecule is Cc1cc2c(C)ccnc2c(=O)[nH]1. The summed E-state index contributed by atoms with van der Waals surface area (Å²) in [7, 11) is 0. The van der Waals surface area contributed by atoms with Crippen LogP contribution in [0.15, 0.2) is 23.1 Å². The van der Waals surface area contributed by atoms with E-state index in [1.54, 1.807) is 6.20 Å². The normalized spacial score (nSPS) is 10.6. The van der Waals surface area contributed by atoms with Crippen molar-refractivity contribution in [1.82, 2.24) is 9.97 Å². The Kier molecular flexibility index (Phi) is 1.65. The molecule has 0 aliphatic rings. The zero-order valence-corrected chi connectivity index (χ0v) is 7.59. The highest BCUT2D eigenvalue weighted by Gasteiger charge is 2.02. The van der Waals surface area contributed by atoms with E-state index in [1.165, 1.54) is 0 Å². The fourth-order valence-electron chi connectivity index (χ4n) is 1.42. The molecule has 0 atom stereocenters. The number of nitrogens with one attached hydrogen (secondary N) is 1. The molecule has 0 aromatic carbocycles. The topological polar surface area (TPSA) is 45.8 Å². The number of hydrogen-bond donors (Lipinski definition) is 1. The maximum absolute atomic E-state index is 11.4. The number of aromatic nitrogens is 2. The molecule has 66 valence electrons. The minimum Gasteiger partial charge on any atom is -0.325 e. The molecule has 2 aromatic rings. The number of rotatable bonds is 0. The molecule has 0 radical (unpaired) electrons. The third-order valence-corrected chi connectivity index (χ3v) is 2.09. The Hall–Kier alpha value is -1.64. The van der Waals surface area contributed by atoms with Crippen LogP contribution >= 0.6 is 0 Å². The molecule has 0 amide bonds. The molecule has 1 N–H and O–H groups in total. The average Bonchev–Trinajstić information content (AvgIpc) is 2.07. The van der Waals surface area contributed by atoms with Gasteiger partial charge in [0.15, 0.2) is 0 Å². The maximum Gasteiger partial charge on any atom is 0.274 e. The van der Waals surface area contributed by atoms with Gasteiger partial charge in [0.2, 0.25) is 0 Å². The quantitative estimate of drug-likeness (QED) is 0.658. The van der Waals surface area contributed by atoms with E-state index in [9.17, 15) is 4.79 Å². The summed E-state index contributed by atoms with van der Waals surface area (Å²) >= 11 is 0. The van der Waals surface area contributed by atoms with Crippen LogP contribution in [0.25, 0.3) is 10.9 Å². The Morgan fingerprint density at radius 2 is 2.15 bits per heavy atom. The van der Waals surface area contributed by atoms with Crippen molar-refractivity contribution in [3.63, 3.8) is 0 Å². The zero-order valence-electron chi connectivity index (χ0n) is 7.59. The number of pyridine rings is 2. The number of fused-ring (bicyclic) bond motifs is 1. The van der Waals surface area contributed by atoms with Gasteiger partial charge < -0.3 is 4.98 Å². The average molecular weight is 174 g/mol. The smallest absolute Gasteiger partial charge is 0.274 e. The first-order chi connectivity index (χ1) is 6.18. The molecule has 2 rings (SSSR count). The van der Waals surface area contributed by atoms with Gasteiger partial charge in [0.25, 0.3) is 5.56 Å². The van der Waals surface area contributed by atoms with Gasteiger partial charge in [-0.25, -0.2) is 0 Å². The molecule has 0 fully saturated rings. The van der Waals surface area contributed by atoms with Gasteiger partial charge >= 0.3 is 0 Å². The molecule has 13 heavy (non-hydrogen) atoms. The van der Waals surface area contributed by atoms with Gasteiger partial charge in [0, 0.05) is 17.3 Å². The van der Waals surface area contributed by atoms with Crippen molar-refractivity contribution in [3.8, 4) is 0 Å². The van der Waals surface area contributed by atoms with Crippen LogP contribution in [0.4, 0.5) is 0 Å². The van der Waals surface area contributed by atoms with Crippen molar-refractivity contribution in [1.29, 1.82) is 0 Å². The number of nitrogens with zero attached hydrogens (tertiary/aromatic N) is 1. The molecule has 0 unspecified atom stereocenters. The van der Waals surface area contributed by atoms with E-state index >= 15 is 0 Å². The zero-order chi connectivity index (χ0) is 9.42. The molecule has 0 saturated carbocycles. The van der Waals surface area contributed by atoms with Crippen molar-refractivity contribution in [2.24, 2.45) is 0 Å². The third-order valence-electron chi connectivity index (χ3n) is 2.09. The Bertz CT molecular complexity index is 514. The molecule has 0 spiro atoms. The fraction of sp³-hybridized carbons (Fsp3) is 0.200. The monoisotopic (exact) mass is 174 g/mol. The van der Waals surface area contributed by atoms with Crippen LogP contribution in [0.2, 0.25) is 0 Å². The van der Waals surface area contributed by atoms with Crippen molar-refractivity contribution < 1.29 is 0 Å². The van der Waals surface area contributed by atoms with Gasteiger partial charge in [-0.3, -0.25) is 9.78 Å². The van der Waals surface area contributed by atoms with Gasteiger partial charge in [-0.15, -0.1) is 0 Å². The van der Waals surface area contributed by atoms with Crippen LogP contribution in [0.5, 0.6) is 0 Å². The minimum absolute atomic E-state index is 0.112. The van der Waals surface area contributed by atoms with Crippen molar-refractivity contribution >= 4 is 10.9 Å². The van der Waals surface area contributed by atoms with Crippen molar-refractivity contribution in [2.75, 3.05) is 0 Å². The van der Waals surface area contributed by atoms with Crippen LogP contribution in [0, 0.1) is 13.8 Å². The second kappa shape index (κ2) is 2.69. The molecular weight excluding hydrogens is 164 g/mol. The summed E-state index contributed by atoms with van der Waals surface area (Å²) in [6, 6.07) is 3.85. The van der Waals surface area contributed by atoms with Gasteiger partial charge in [-0.05, 0) is 31.5 Å². The summed E-state index contributed by atoms with van der Waals surface area (Å²) < 4.78 is 0. The Labute approximate surface area is 75.4 Å². The maximum atomic E-state index is 11.4. The van der Waals surface area contributed by atoms with E-state index in [1.807, 2.05) is 26.0 Å². The van der Waals surface area contributed by atoms with Gasteiger partial charge in [0.05, 0.1) is 0 Å². The summed E-state index contributed by atoms with van der Waals surface area (Å²) in [6.45, 7) is 3.84. The second-order valence-electron chi connectivity index (χ2n) is 3.17. The Morgan fingerprint density at radius 3 is 2.92 bits per heavy atom. The molecule has 2 heterocycles. The van der Waals surface area contributed by atoms with Gasteiger partial charge in [-0.2, -0.15) is 0 Å². The van der Waals surface area contributed by atoms with E-state index in [0.29, 0.717) is 5.52 Å². The van der Waals surface area contributed by atoms with Gasteiger partial charge in [-0.1, -0.05) is 0 Å². The summed E-state index contributed by atoms with van der Waals surface area (Å²) in [5.41, 5.74) is 2.36. The summed E-state index contributed by atoms with van der Waals surface area (Å²) in [5, 5.41) is 0.934. The molecule has 0 saturated heterocycles. The van der Waals surface area contributed by atoms with Crippen LogP contribution in [0.1, 0.15) is 11.3 Å². The summed E-state index contributed by atoms with van der Waals surface area (Å²) in [4.78, 5) is 18.2. The van der Waals surface area contributed by atoms with E-state index in [0.717, 1.165) is 16.6 Å². The first-order valence-electron chi connectivity index (χ1n) is 4.14. The highest BCUT2D eigenvalue weighted by molar-refractivity contribution is 5.80. The molecule has 0 bridgehead atoms. The van der Waals surface area contributed by atoms with Crippen LogP contribution in [-0.4, -0.2) is 9.97 Å². The number of H-pyrrole nitrogens is 1. The summed E-state index contributed by atoms with van der Waals surface area (Å²) in [6.07, 6.45) is 1.66. The largest absolute Gasteiger partial charge is 0.325 e. The molecule has 2 aromatic heterocycles. The standard InChI is InChI=1S/C10H10N2O/c1-6-3-4-11-9-8(6)5-7(2)12-10(9)13/h3-5H,1-2H3,(H,12,13). The van der Waals surface area contributed by atoms with Crippen LogP contribution in [-0.2, 0) is 0 Å². The molecule has 0 aliphatic carbocycles. The van der Waals surface area contributed by atoms with E-state index < -0.39 is 0 Å². The molecule has 3 heteroatoms. The van der Waals surface area contributed by atoms with Crippen LogP contribution in [0.3, 0.4) is 0 Å². The summed E-state index contributed by atoms with van der Waals surface area (Å²) in [5.74, 6) is 0.